The summed E-state index contributed by atoms with van der Waals surface area (Å²) in [6.45, 7) is 0. The van der Waals surface area contributed by atoms with Gasteiger partial charge in [0.25, 0.3) is 0 Å². The van der Waals surface area contributed by atoms with Gasteiger partial charge in [-0.05, 0) is 25.7 Å². The molecule has 0 saturated heterocycles. The van der Waals surface area contributed by atoms with Crippen LogP contribution in [0, 0.1) is 0 Å². The van der Waals surface area contributed by atoms with Crippen LogP contribution >= 0.6 is 0 Å². The minimum absolute atomic E-state index is 0.413. The van der Waals surface area contributed by atoms with Crippen molar-refractivity contribution in [3.63, 3.8) is 0 Å². The van der Waals surface area contributed by atoms with Gasteiger partial charge in [-0.2, -0.15) is 0 Å². The lowest BCUT2D eigenvalue weighted by molar-refractivity contribution is 0.165. The van der Waals surface area contributed by atoms with E-state index >= 15 is 0 Å². The Morgan fingerprint density at radius 3 is 2.88 bits per heavy atom. The Kier molecular flexibility index (Phi) is 4.09. The average Bonchev–Trinajstić information content (AvgIpc) is 2.40. The van der Waals surface area contributed by atoms with Gasteiger partial charge in [0.2, 0.25) is 5.88 Å². The summed E-state index contributed by atoms with van der Waals surface area (Å²) in [5.74, 6) is 0.413. The lowest BCUT2D eigenvalue weighted by atomic mass is 9.94. The molecule has 1 N–H and O–H groups in total. The van der Waals surface area contributed by atoms with Crippen LogP contribution in [0.4, 0.5) is 0 Å². The summed E-state index contributed by atoms with van der Waals surface area (Å²) in [6, 6.07) is 0. The van der Waals surface area contributed by atoms with Gasteiger partial charge in [-0.25, -0.2) is 4.98 Å². The summed E-state index contributed by atoms with van der Waals surface area (Å²) < 4.78 is 5.10. The van der Waals surface area contributed by atoms with Crippen LogP contribution in [0.5, 0.6) is 5.88 Å². The summed E-state index contributed by atoms with van der Waals surface area (Å²) in [7, 11) is 1.54. The Bertz CT molecular complexity index is 404. The smallest absolute Gasteiger partial charge is 0.238 e. The van der Waals surface area contributed by atoms with Gasteiger partial charge < -0.3 is 9.84 Å². The number of rotatable bonds is 4. The first kappa shape index (κ1) is 12.0. The lowest BCUT2D eigenvalue weighted by Gasteiger charge is -2.17. The van der Waals surface area contributed by atoms with E-state index in [9.17, 15) is 5.11 Å². The van der Waals surface area contributed by atoms with E-state index in [1.165, 1.54) is 18.4 Å². The van der Waals surface area contributed by atoms with E-state index < -0.39 is 6.10 Å². The zero-order valence-electron chi connectivity index (χ0n) is 10.1. The minimum atomic E-state index is -0.622. The molecular formula is C13H18N2O2. The Morgan fingerprint density at radius 2 is 2.18 bits per heavy atom. The number of aliphatic hydroxyl groups excluding tert-OH is 1. The fraction of sp³-hybridized carbons (Fsp3) is 0.538. The molecule has 0 fully saturated rings. The molecular weight excluding hydrogens is 216 g/mol. The fourth-order valence-electron chi connectivity index (χ4n) is 2.16. The first-order chi connectivity index (χ1) is 8.31. The number of ether oxygens (including phenoxy) is 1. The lowest BCUT2D eigenvalue weighted by Crippen LogP contribution is -2.07. The number of aliphatic hydroxyl groups is 1. The van der Waals surface area contributed by atoms with E-state index in [-0.39, 0.29) is 0 Å². The number of aromatic nitrogens is 2. The summed E-state index contributed by atoms with van der Waals surface area (Å²) in [4.78, 5) is 8.20. The highest BCUT2D eigenvalue weighted by molar-refractivity contribution is 5.22. The van der Waals surface area contributed by atoms with E-state index in [0.29, 0.717) is 18.0 Å². The van der Waals surface area contributed by atoms with E-state index in [1.54, 1.807) is 19.5 Å². The number of nitrogens with zero attached hydrogens (tertiary/aromatic N) is 2. The van der Waals surface area contributed by atoms with Crippen molar-refractivity contribution in [2.24, 2.45) is 0 Å². The van der Waals surface area contributed by atoms with Gasteiger partial charge in [-0.1, -0.05) is 11.6 Å². The summed E-state index contributed by atoms with van der Waals surface area (Å²) in [6.07, 6.45) is 10.1. The average molecular weight is 234 g/mol. The van der Waals surface area contributed by atoms with Crippen LogP contribution in [0.2, 0.25) is 0 Å². The second-order valence-corrected chi connectivity index (χ2v) is 4.28. The summed E-state index contributed by atoms with van der Waals surface area (Å²) in [5.41, 5.74) is 1.85. The molecule has 1 aromatic rings. The highest BCUT2D eigenvalue weighted by Gasteiger charge is 2.18. The fourth-order valence-corrected chi connectivity index (χ4v) is 2.16. The van der Waals surface area contributed by atoms with Crippen molar-refractivity contribution in [1.82, 2.24) is 9.97 Å². The third-order valence-electron chi connectivity index (χ3n) is 3.04. The molecule has 92 valence electrons. The standard InChI is InChI=1S/C13H18N2O2/c1-17-13-12(14-7-8-15-13)11(16)9-10-5-3-2-4-6-10/h5,7-8,11,16H,2-4,6,9H2,1H3. The molecule has 0 bridgehead atoms. The maximum absolute atomic E-state index is 10.2. The summed E-state index contributed by atoms with van der Waals surface area (Å²) in [5, 5.41) is 10.2. The maximum atomic E-state index is 10.2. The number of hydrogen-bond donors (Lipinski definition) is 1. The first-order valence-electron chi connectivity index (χ1n) is 6.02. The van der Waals surface area contributed by atoms with Gasteiger partial charge in [0.1, 0.15) is 11.8 Å². The molecule has 1 heterocycles. The molecule has 4 heteroatoms. The van der Waals surface area contributed by atoms with Crippen molar-refractivity contribution in [3.8, 4) is 5.88 Å². The number of methoxy groups -OCH3 is 1. The van der Waals surface area contributed by atoms with E-state index in [1.807, 2.05) is 0 Å². The van der Waals surface area contributed by atoms with Crippen molar-refractivity contribution in [2.45, 2.75) is 38.2 Å². The SMILES string of the molecule is COc1nccnc1C(O)CC1=CCCCC1. The molecule has 1 atom stereocenters. The molecule has 1 aliphatic carbocycles. The van der Waals surface area contributed by atoms with Crippen LogP contribution in [0.15, 0.2) is 24.0 Å². The Balaban J connectivity index is 2.08. The molecule has 0 aliphatic heterocycles. The number of allylic oxidation sites excluding steroid dienone is 1. The normalized spacial score (nSPS) is 17.4. The Hall–Kier alpha value is -1.42. The van der Waals surface area contributed by atoms with Gasteiger partial charge in [0.15, 0.2) is 0 Å². The predicted molar refractivity (Wildman–Crippen MR) is 64.7 cm³/mol. The first-order valence-corrected chi connectivity index (χ1v) is 6.02. The second kappa shape index (κ2) is 5.77. The quantitative estimate of drug-likeness (QED) is 0.813. The Morgan fingerprint density at radius 1 is 1.35 bits per heavy atom. The van der Waals surface area contributed by atoms with E-state index in [4.69, 9.17) is 4.74 Å². The van der Waals surface area contributed by atoms with E-state index in [2.05, 4.69) is 16.0 Å². The van der Waals surface area contributed by atoms with Gasteiger partial charge in [0, 0.05) is 18.8 Å². The van der Waals surface area contributed by atoms with Crippen LogP contribution in [-0.4, -0.2) is 22.2 Å². The van der Waals surface area contributed by atoms with Crippen molar-refractivity contribution in [1.29, 1.82) is 0 Å². The largest absolute Gasteiger partial charge is 0.480 e. The molecule has 0 radical (unpaired) electrons. The second-order valence-electron chi connectivity index (χ2n) is 4.28. The van der Waals surface area contributed by atoms with Crippen LogP contribution in [0.3, 0.4) is 0 Å². The molecule has 0 amide bonds. The molecule has 0 spiro atoms. The molecule has 1 aromatic heterocycles. The van der Waals surface area contributed by atoms with Crippen molar-refractivity contribution < 1.29 is 9.84 Å². The zero-order chi connectivity index (χ0) is 12.1. The van der Waals surface area contributed by atoms with Crippen LogP contribution in [-0.2, 0) is 0 Å². The van der Waals surface area contributed by atoms with Crippen LogP contribution in [0.1, 0.15) is 43.9 Å². The van der Waals surface area contributed by atoms with Gasteiger partial charge in [0.05, 0.1) is 7.11 Å². The van der Waals surface area contributed by atoms with Crippen molar-refractivity contribution in [2.75, 3.05) is 7.11 Å². The molecule has 1 aliphatic rings. The van der Waals surface area contributed by atoms with Gasteiger partial charge in [-0.3, -0.25) is 4.98 Å². The van der Waals surface area contributed by atoms with Crippen molar-refractivity contribution >= 4 is 0 Å². The van der Waals surface area contributed by atoms with Crippen LogP contribution < -0.4 is 4.74 Å². The van der Waals surface area contributed by atoms with Crippen LogP contribution in [0.25, 0.3) is 0 Å². The number of hydrogen-bond acceptors (Lipinski definition) is 4. The molecule has 0 saturated carbocycles. The van der Waals surface area contributed by atoms with E-state index in [0.717, 1.165) is 12.8 Å². The Labute approximate surface area is 101 Å². The maximum Gasteiger partial charge on any atom is 0.238 e. The molecule has 1 unspecified atom stereocenters. The molecule has 4 nitrogen and oxygen atoms in total. The van der Waals surface area contributed by atoms with Crippen molar-refractivity contribution in [3.05, 3.63) is 29.7 Å². The predicted octanol–water partition coefficient (Wildman–Crippen LogP) is 2.41. The zero-order valence-corrected chi connectivity index (χ0v) is 10.1. The highest BCUT2D eigenvalue weighted by Crippen LogP contribution is 2.29. The third kappa shape index (κ3) is 3.03. The summed E-state index contributed by atoms with van der Waals surface area (Å²) >= 11 is 0. The molecule has 17 heavy (non-hydrogen) atoms. The third-order valence-corrected chi connectivity index (χ3v) is 3.04. The minimum Gasteiger partial charge on any atom is -0.480 e. The topological polar surface area (TPSA) is 55.2 Å². The van der Waals surface area contributed by atoms with Gasteiger partial charge >= 0.3 is 0 Å². The van der Waals surface area contributed by atoms with Gasteiger partial charge in [-0.15, -0.1) is 0 Å². The monoisotopic (exact) mass is 234 g/mol. The molecule has 2 rings (SSSR count). The highest BCUT2D eigenvalue weighted by atomic mass is 16.5. The molecule has 0 aromatic carbocycles.